The summed E-state index contributed by atoms with van der Waals surface area (Å²) >= 11 is 0. The second-order valence-corrected chi connectivity index (χ2v) is 5.89. The Balaban J connectivity index is 1.61. The number of nitrogens with one attached hydrogen (secondary N) is 1. The van der Waals surface area contributed by atoms with Crippen LogP contribution in [0.3, 0.4) is 0 Å². The highest BCUT2D eigenvalue weighted by atomic mass is 15.3. The fraction of sp³-hybridized carbons (Fsp3) is 0.786. The van der Waals surface area contributed by atoms with E-state index in [9.17, 15) is 0 Å². The number of rotatable bonds is 5. The predicted molar refractivity (Wildman–Crippen MR) is 71.9 cm³/mol. The average Bonchev–Trinajstić information content (AvgIpc) is 3.16. The van der Waals surface area contributed by atoms with Gasteiger partial charge in [0.1, 0.15) is 0 Å². The van der Waals surface area contributed by atoms with Gasteiger partial charge >= 0.3 is 0 Å². The maximum absolute atomic E-state index is 5.63. The molecule has 2 aliphatic carbocycles. The van der Waals surface area contributed by atoms with Crippen LogP contribution in [0.5, 0.6) is 0 Å². The Morgan fingerprint density at radius 1 is 1.28 bits per heavy atom. The Labute approximate surface area is 109 Å². The van der Waals surface area contributed by atoms with E-state index in [1.807, 2.05) is 0 Å². The molecule has 0 saturated heterocycles. The van der Waals surface area contributed by atoms with Gasteiger partial charge in [0, 0.05) is 18.7 Å². The van der Waals surface area contributed by atoms with E-state index in [4.69, 9.17) is 10.9 Å². The molecule has 1 aromatic heterocycles. The number of aromatic nitrogens is 2. The molecular weight excluding hydrogens is 224 g/mol. The molecule has 2 fully saturated rings. The molecule has 2 saturated carbocycles. The molecule has 1 aromatic rings. The number of hydrazine groups is 1. The van der Waals surface area contributed by atoms with Crippen molar-refractivity contribution >= 4 is 0 Å². The maximum Gasteiger partial charge on any atom is 0.0640 e. The van der Waals surface area contributed by atoms with Gasteiger partial charge in [-0.1, -0.05) is 19.3 Å². The van der Waals surface area contributed by atoms with E-state index in [-0.39, 0.29) is 0 Å². The van der Waals surface area contributed by atoms with Crippen molar-refractivity contribution in [2.45, 2.75) is 63.5 Å². The van der Waals surface area contributed by atoms with Gasteiger partial charge in [0.05, 0.1) is 11.7 Å². The molecule has 0 radical (unpaired) electrons. The smallest absolute Gasteiger partial charge is 0.0640 e. The van der Waals surface area contributed by atoms with Crippen molar-refractivity contribution in [2.24, 2.45) is 11.8 Å². The van der Waals surface area contributed by atoms with Crippen LogP contribution < -0.4 is 11.3 Å². The Bertz CT molecular complexity index is 377. The summed E-state index contributed by atoms with van der Waals surface area (Å²) in [5.74, 6) is 6.40. The lowest BCUT2D eigenvalue weighted by Gasteiger charge is -2.22. The summed E-state index contributed by atoms with van der Waals surface area (Å²) in [5, 5.41) is 4.75. The first-order valence-electron chi connectivity index (χ1n) is 7.37. The van der Waals surface area contributed by atoms with Gasteiger partial charge in [0.2, 0.25) is 0 Å². The van der Waals surface area contributed by atoms with Crippen LogP contribution >= 0.6 is 0 Å². The number of hydrogen-bond donors (Lipinski definition) is 2. The van der Waals surface area contributed by atoms with Gasteiger partial charge in [-0.25, -0.2) is 0 Å². The van der Waals surface area contributed by atoms with Crippen molar-refractivity contribution in [1.82, 2.24) is 15.2 Å². The molecule has 0 amide bonds. The zero-order valence-corrected chi connectivity index (χ0v) is 11.0. The minimum Gasteiger partial charge on any atom is -0.271 e. The van der Waals surface area contributed by atoms with Crippen LogP contribution in [0.25, 0.3) is 0 Å². The van der Waals surface area contributed by atoms with Crippen LogP contribution in [-0.2, 0) is 6.42 Å². The van der Waals surface area contributed by atoms with E-state index in [0.717, 1.165) is 12.3 Å². The van der Waals surface area contributed by atoms with E-state index < -0.39 is 0 Å². The number of nitrogens with zero attached hydrogens (tertiary/aromatic N) is 2. The Morgan fingerprint density at radius 3 is 2.72 bits per heavy atom. The molecule has 0 spiro atoms. The molecule has 1 atom stereocenters. The molecular formula is C14H24N4. The van der Waals surface area contributed by atoms with Crippen molar-refractivity contribution in [3.8, 4) is 0 Å². The first-order chi connectivity index (χ1) is 8.86. The van der Waals surface area contributed by atoms with Gasteiger partial charge in [0.15, 0.2) is 0 Å². The summed E-state index contributed by atoms with van der Waals surface area (Å²) in [6.07, 6.45) is 12.5. The second kappa shape index (κ2) is 5.41. The molecule has 3 rings (SSSR count). The quantitative estimate of drug-likeness (QED) is 0.620. The van der Waals surface area contributed by atoms with Gasteiger partial charge in [-0.2, -0.15) is 5.10 Å². The van der Waals surface area contributed by atoms with E-state index in [1.165, 1.54) is 50.6 Å². The zero-order chi connectivity index (χ0) is 12.4. The zero-order valence-electron chi connectivity index (χ0n) is 11.0. The predicted octanol–water partition coefficient (Wildman–Crippen LogP) is 2.17. The van der Waals surface area contributed by atoms with Gasteiger partial charge in [-0.3, -0.25) is 16.0 Å². The Hall–Kier alpha value is -0.870. The maximum atomic E-state index is 5.63. The highest BCUT2D eigenvalue weighted by Gasteiger charge is 2.31. The lowest BCUT2D eigenvalue weighted by Crippen LogP contribution is -2.38. The summed E-state index contributed by atoms with van der Waals surface area (Å²) in [7, 11) is 0. The summed E-state index contributed by atoms with van der Waals surface area (Å²) in [4.78, 5) is 0. The lowest BCUT2D eigenvalue weighted by molar-refractivity contribution is 0.327. The third kappa shape index (κ3) is 2.75. The van der Waals surface area contributed by atoms with Crippen LogP contribution in [0.1, 0.15) is 56.7 Å². The molecule has 1 heterocycles. The molecule has 4 nitrogen and oxygen atoms in total. The van der Waals surface area contributed by atoms with Crippen molar-refractivity contribution < 1.29 is 0 Å². The van der Waals surface area contributed by atoms with Crippen LogP contribution in [0, 0.1) is 5.92 Å². The molecule has 100 valence electrons. The highest BCUT2D eigenvalue weighted by Crippen LogP contribution is 2.34. The van der Waals surface area contributed by atoms with Crippen LogP contribution in [0.2, 0.25) is 0 Å². The summed E-state index contributed by atoms with van der Waals surface area (Å²) in [6, 6.07) is 3.22. The fourth-order valence-electron chi connectivity index (χ4n) is 3.12. The number of nitrogens with two attached hydrogens (primary N) is 1. The van der Waals surface area contributed by atoms with Crippen molar-refractivity contribution in [2.75, 3.05) is 0 Å². The third-order valence-electron chi connectivity index (χ3n) is 4.45. The Kier molecular flexibility index (Phi) is 3.66. The SMILES string of the molecule is NNC(Cc1ccn(C2CCCCC2)n1)C1CC1. The van der Waals surface area contributed by atoms with Crippen LogP contribution in [-0.4, -0.2) is 15.8 Å². The van der Waals surface area contributed by atoms with Gasteiger partial charge in [-0.05, 0) is 37.7 Å². The molecule has 3 N–H and O–H groups in total. The fourth-order valence-corrected chi connectivity index (χ4v) is 3.12. The van der Waals surface area contributed by atoms with Gasteiger partial charge in [0.25, 0.3) is 0 Å². The second-order valence-electron chi connectivity index (χ2n) is 5.89. The minimum atomic E-state index is 0.416. The van der Waals surface area contributed by atoms with Crippen molar-refractivity contribution in [3.05, 3.63) is 18.0 Å². The van der Waals surface area contributed by atoms with E-state index in [2.05, 4.69) is 22.4 Å². The molecule has 1 unspecified atom stereocenters. The largest absolute Gasteiger partial charge is 0.271 e. The topological polar surface area (TPSA) is 55.9 Å². The standard InChI is InChI=1S/C14H24N4/c15-16-14(11-6-7-11)10-12-8-9-18(17-12)13-4-2-1-3-5-13/h8-9,11,13-14,16H,1-7,10,15H2. The van der Waals surface area contributed by atoms with Crippen LogP contribution in [0.4, 0.5) is 0 Å². The minimum absolute atomic E-state index is 0.416. The van der Waals surface area contributed by atoms with Gasteiger partial charge < -0.3 is 0 Å². The van der Waals surface area contributed by atoms with Gasteiger partial charge in [-0.15, -0.1) is 0 Å². The Morgan fingerprint density at radius 2 is 2.06 bits per heavy atom. The van der Waals surface area contributed by atoms with E-state index in [1.54, 1.807) is 0 Å². The molecule has 0 aliphatic heterocycles. The first kappa shape index (κ1) is 12.2. The molecule has 0 aromatic carbocycles. The monoisotopic (exact) mass is 248 g/mol. The van der Waals surface area contributed by atoms with Crippen molar-refractivity contribution in [3.63, 3.8) is 0 Å². The molecule has 2 aliphatic rings. The van der Waals surface area contributed by atoms with Crippen molar-refractivity contribution in [1.29, 1.82) is 0 Å². The molecule has 0 bridgehead atoms. The first-order valence-corrected chi connectivity index (χ1v) is 7.37. The van der Waals surface area contributed by atoms with E-state index >= 15 is 0 Å². The molecule has 18 heavy (non-hydrogen) atoms. The lowest BCUT2D eigenvalue weighted by atomic mass is 9.96. The summed E-state index contributed by atoms with van der Waals surface area (Å²) in [5.41, 5.74) is 4.14. The number of hydrogen-bond acceptors (Lipinski definition) is 3. The average molecular weight is 248 g/mol. The molecule has 4 heteroatoms. The normalized spacial score (nSPS) is 23.2. The summed E-state index contributed by atoms with van der Waals surface area (Å²) in [6.45, 7) is 0. The van der Waals surface area contributed by atoms with Crippen LogP contribution in [0.15, 0.2) is 12.3 Å². The van der Waals surface area contributed by atoms with E-state index in [0.29, 0.717) is 12.1 Å². The third-order valence-corrected chi connectivity index (χ3v) is 4.45. The summed E-state index contributed by atoms with van der Waals surface area (Å²) < 4.78 is 2.19. The highest BCUT2D eigenvalue weighted by molar-refractivity contribution is 5.04.